The summed E-state index contributed by atoms with van der Waals surface area (Å²) in [5.74, 6) is -0.183. The van der Waals surface area contributed by atoms with Gasteiger partial charge in [-0.25, -0.2) is 0 Å². The van der Waals surface area contributed by atoms with Crippen molar-refractivity contribution in [2.24, 2.45) is 5.92 Å². The van der Waals surface area contributed by atoms with Crippen LogP contribution in [0.5, 0.6) is 0 Å². The highest BCUT2D eigenvalue weighted by atomic mass is 16.5. The quantitative estimate of drug-likeness (QED) is 0.856. The average molecular weight is 276 g/mol. The van der Waals surface area contributed by atoms with Crippen molar-refractivity contribution in [3.05, 3.63) is 29.8 Å². The molecule has 2 amide bonds. The molecule has 5 nitrogen and oxygen atoms in total. The number of carbonyl (C=O) groups is 2. The highest BCUT2D eigenvalue weighted by molar-refractivity contribution is 5.91. The summed E-state index contributed by atoms with van der Waals surface area (Å²) in [6, 6.07) is 7.61. The predicted molar refractivity (Wildman–Crippen MR) is 76.4 cm³/mol. The lowest BCUT2D eigenvalue weighted by atomic mass is 10.1. The number of nitrogens with one attached hydrogen (secondary N) is 2. The second-order valence-corrected chi connectivity index (χ2v) is 5.02. The van der Waals surface area contributed by atoms with Crippen molar-refractivity contribution in [3.63, 3.8) is 0 Å². The van der Waals surface area contributed by atoms with E-state index in [-0.39, 0.29) is 24.2 Å². The molecule has 2 rings (SSSR count). The van der Waals surface area contributed by atoms with Crippen LogP contribution in [0.1, 0.15) is 18.4 Å². The Balaban J connectivity index is 1.67. The minimum absolute atomic E-state index is 0.0226. The van der Waals surface area contributed by atoms with Gasteiger partial charge >= 0.3 is 0 Å². The van der Waals surface area contributed by atoms with Gasteiger partial charge in [0.15, 0.2) is 0 Å². The number of ether oxygens (including phenoxy) is 1. The Morgan fingerprint density at radius 1 is 1.30 bits per heavy atom. The lowest BCUT2D eigenvalue weighted by molar-refractivity contribution is -0.125. The lowest BCUT2D eigenvalue weighted by Crippen LogP contribution is -2.33. The molecule has 0 aliphatic carbocycles. The van der Waals surface area contributed by atoms with E-state index in [0.29, 0.717) is 19.8 Å². The van der Waals surface area contributed by atoms with E-state index in [1.807, 2.05) is 31.2 Å². The molecule has 2 N–H and O–H groups in total. The Morgan fingerprint density at radius 3 is 2.70 bits per heavy atom. The van der Waals surface area contributed by atoms with Crippen molar-refractivity contribution in [1.82, 2.24) is 5.32 Å². The van der Waals surface area contributed by atoms with E-state index in [0.717, 1.165) is 17.7 Å². The number of rotatable bonds is 5. The Bertz CT molecular complexity index is 465. The van der Waals surface area contributed by atoms with Gasteiger partial charge < -0.3 is 15.4 Å². The zero-order valence-corrected chi connectivity index (χ0v) is 11.6. The summed E-state index contributed by atoms with van der Waals surface area (Å²) in [5, 5.41) is 5.57. The number of anilines is 1. The van der Waals surface area contributed by atoms with Gasteiger partial charge in [-0.05, 0) is 25.5 Å². The maximum absolute atomic E-state index is 11.7. The summed E-state index contributed by atoms with van der Waals surface area (Å²) in [6.45, 7) is 3.48. The Hall–Kier alpha value is -1.88. The molecule has 1 aliphatic heterocycles. The molecular formula is C15H20N2O3. The molecule has 1 fully saturated rings. The Morgan fingerprint density at radius 2 is 2.05 bits per heavy atom. The summed E-state index contributed by atoms with van der Waals surface area (Å²) in [6.07, 6.45) is 1.04. The molecule has 1 heterocycles. The first kappa shape index (κ1) is 14.5. The largest absolute Gasteiger partial charge is 0.381 e. The lowest BCUT2D eigenvalue weighted by Gasteiger charge is -2.09. The van der Waals surface area contributed by atoms with Crippen LogP contribution >= 0.6 is 0 Å². The highest BCUT2D eigenvalue weighted by Gasteiger charge is 2.22. The predicted octanol–water partition coefficient (Wildman–Crippen LogP) is 1.48. The molecule has 1 atom stereocenters. The molecule has 1 aromatic rings. The van der Waals surface area contributed by atoms with E-state index in [9.17, 15) is 9.59 Å². The number of aryl methyl sites for hydroxylation is 1. The van der Waals surface area contributed by atoms with Crippen LogP contribution in [-0.2, 0) is 14.3 Å². The number of benzene rings is 1. The molecular weight excluding hydrogens is 256 g/mol. The number of amides is 2. The van der Waals surface area contributed by atoms with Gasteiger partial charge in [-0.15, -0.1) is 0 Å². The molecule has 0 radical (unpaired) electrons. The maximum Gasteiger partial charge on any atom is 0.226 e. The molecule has 1 aromatic carbocycles. The van der Waals surface area contributed by atoms with Crippen LogP contribution in [0.2, 0.25) is 0 Å². The third-order valence-electron chi connectivity index (χ3n) is 3.29. The van der Waals surface area contributed by atoms with Gasteiger partial charge in [-0.2, -0.15) is 0 Å². The fourth-order valence-electron chi connectivity index (χ4n) is 2.05. The van der Waals surface area contributed by atoms with Crippen LogP contribution in [0.3, 0.4) is 0 Å². The third kappa shape index (κ3) is 4.35. The molecule has 0 spiro atoms. The van der Waals surface area contributed by atoms with Crippen molar-refractivity contribution in [2.75, 3.05) is 25.1 Å². The van der Waals surface area contributed by atoms with Gasteiger partial charge in [0.25, 0.3) is 0 Å². The van der Waals surface area contributed by atoms with Gasteiger partial charge in [0.05, 0.1) is 12.5 Å². The monoisotopic (exact) mass is 276 g/mol. The maximum atomic E-state index is 11.7. The van der Waals surface area contributed by atoms with Crippen molar-refractivity contribution in [2.45, 2.75) is 19.8 Å². The van der Waals surface area contributed by atoms with Gasteiger partial charge in [-0.1, -0.05) is 17.7 Å². The number of hydrogen-bond donors (Lipinski definition) is 2. The van der Waals surface area contributed by atoms with Crippen molar-refractivity contribution in [3.8, 4) is 0 Å². The molecule has 0 bridgehead atoms. The minimum Gasteiger partial charge on any atom is -0.381 e. The fourth-order valence-corrected chi connectivity index (χ4v) is 2.05. The van der Waals surface area contributed by atoms with Gasteiger partial charge in [-0.3, -0.25) is 9.59 Å². The summed E-state index contributed by atoms with van der Waals surface area (Å²) in [5.41, 5.74) is 1.92. The van der Waals surface area contributed by atoms with E-state index < -0.39 is 0 Å². The van der Waals surface area contributed by atoms with E-state index in [2.05, 4.69) is 10.6 Å². The minimum atomic E-state index is -0.100. The molecule has 1 aliphatic rings. The summed E-state index contributed by atoms with van der Waals surface area (Å²) in [4.78, 5) is 23.4. The molecule has 1 saturated heterocycles. The molecule has 5 heteroatoms. The first-order valence-corrected chi connectivity index (χ1v) is 6.87. The Labute approximate surface area is 118 Å². The summed E-state index contributed by atoms with van der Waals surface area (Å²) in [7, 11) is 0. The first-order valence-electron chi connectivity index (χ1n) is 6.87. The SMILES string of the molecule is Cc1ccc(NC(=O)CCNC(=O)[C@@H]2CCOC2)cc1. The first-order chi connectivity index (χ1) is 9.65. The second kappa shape index (κ2) is 7.05. The highest BCUT2D eigenvalue weighted by Crippen LogP contribution is 2.12. The van der Waals surface area contributed by atoms with Gasteiger partial charge in [0, 0.05) is 25.3 Å². The van der Waals surface area contributed by atoms with E-state index in [1.54, 1.807) is 0 Å². The molecule has 0 saturated carbocycles. The molecule has 108 valence electrons. The van der Waals surface area contributed by atoms with Gasteiger partial charge in [0.2, 0.25) is 11.8 Å². The van der Waals surface area contributed by atoms with Crippen molar-refractivity contribution >= 4 is 17.5 Å². The molecule has 20 heavy (non-hydrogen) atoms. The topological polar surface area (TPSA) is 67.4 Å². The number of hydrogen-bond acceptors (Lipinski definition) is 3. The molecule has 0 aromatic heterocycles. The van der Waals surface area contributed by atoms with Crippen LogP contribution in [0.4, 0.5) is 5.69 Å². The van der Waals surface area contributed by atoms with Crippen LogP contribution < -0.4 is 10.6 Å². The smallest absolute Gasteiger partial charge is 0.226 e. The fraction of sp³-hybridized carbons (Fsp3) is 0.467. The van der Waals surface area contributed by atoms with E-state index in [4.69, 9.17) is 4.74 Å². The third-order valence-corrected chi connectivity index (χ3v) is 3.29. The summed E-state index contributed by atoms with van der Waals surface area (Å²) < 4.78 is 5.15. The number of carbonyl (C=O) groups excluding carboxylic acids is 2. The van der Waals surface area contributed by atoms with E-state index >= 15 is 0 Å². The van der Waals surface area contributed by atoms with E-state index in [1.165, 1.54) is 0 Å². The summed E-state index contributed by atoms with van der Waals surface area (Å²) >= 11 is 0. The second-order valence-electron chi connectivity index (χ2n) is 5.02. The van der Waals surface area contributed by atoms with Crippen LogP contribution in [0.25, 0.3) is 0 Å². The van der Waals surface area contributed by atoms with Crippen molar-refractivity contribution < 1.29 is 14.3 Å². The zero-order valence-electron chi connectivity index (χ0n) is 11.6. The van der Waals surface area contributed by atoms with Gasteiger partial charge in [0.1, 0.15) is 0 Å². The van der Waals surface area contributed by atoms with Crippen LogP contribution in [0, 0.1) is 12.8 Å². The van der Waals surface area contributed by atoms with Crippen LogP contribution in [-0.4, -0.2) is 31.6 Å². The normalized spacial score (nSPS) is 17.8. The van der Waals surface area contributed by atoms with Crippen molar-refractivity contribution in [1.29, 1.82) is 0 Å². The Kier molecular flexibility index (Phi) is 5.12. The standard InChI is InChI=1S/C15H20N2O3/c1-11-2-4-13(5-3-11)17-14(18)6-8-16-15(19)12-7-9-20-10-12/h2-5,12H,6-10H2,1H3,(H,16,19)(H,17,18)/t12-/m1/s1. The average Bonchev–Trinajstić information content (AvgIpc) is 2.95. The van der Waals surface area contributed by atoms with Crippen LogP contribution in [0.15, 0.2) is 24.3 Å². The molecule has 0 unspecified atom stereocenters. The zero-order chi connectivity index (χ0) is 14.4.